The summed E-state index contributed by atoms with van der Waals surface area (Å²) in [5.41, 5.74) is 2.02. The molecule has 32 heavy (non-hydrogen) atoms. The first-order valence-electron chi connectivity index (χ1n) is 10.1. The Hall–Kier alpha value is -3.19. The Kier molecular flexibility index (Phi) is 6.28. The number of anilines is 1. The Labute approximate surface area is 185 Å². The number of hydrogen-bond acceptors (Lipinski definition) is 6. The third-order valence-corrected chi connectivity index (χ3v) is 6.96. The summed E-state index contributed by atoms with van der Waals surface area (Å²) in [7, 11) is -2.32. The van der Waals surface area contributed by atoms with E-state index in [4.69, 9.17) is 9.26 Å². The normalized spacial score (nSPS) is 15.8. The average molecular weight is 453 g/mol. The van der Waals surface area contributed by atoms with Crippen molar-refractivity contribution in [3.05, 3.63) is 88.5 Å². The molecule has 2 heterocycles. The van der Waals surface area contributed by atoms with E-state index in [0.29, 0.717) is 29.0 Å². The average Bonchev–Trinajstić information content (AvgIpc) is 2.82. The Morgan fingerprint density at radius 1 is 1.19 bits per heavy atom. The van der Waals surface area contributed by atoms with Crippen molar-refractivity contribution in [1.82, 2.24) is 9.55 Å². The van der Waals surface area contributed by atoms with Crippen LogP contribution in [0.15, 0.2) is 77.4 Å². The van der Waals surface area contributed by atoms with Gasteiger partial charge in [0.1, 0.15) is 5.76 Å². The Morgan fingerprint density at radius 2 is 1.91 bits per heavy atom. The van der Waals surface area contributed by atoms with Crippen molar-refractivity contribution in [2.45, 2.75) is 6.42 Å². The number of hydrogen-bond donors (Lipinski definition) is 1. The lowest BCUT2D eigenvalue weighted by Crippen LogP contribution is -2.36. The number of benzene rings is 2. The largest absolute Gasteiger partial charge is 0.467 e. The van der Waals surface area contributed by atoms with Gasteiger partial charge in [-0.15, -0.1) is 0 Å². The zero-order chi connectivity index (χ0) is 22.7. The van der Waals surface area contributed by atoms with Gasteiger partial charge in [-0.1, -0.05) is 55.1 Å². The van der Waals surface area contributed by atoms with Gasteiger partial charge < -0.3 is 19.1 Å². The van der Waals surface area contributed by atoms with Crippen molar-refractivity contribution >= 4 is 30.2 Å². The van der Waals surface area contributed by atoms with Gasteiger partial charge in [-0.2, -0.15) is 0 Å². The molecule has 1 unspecified atom stereocenters. The fraction of sp³-hybridized carbons (Fsp3) is 0.217. The molecule has 0 saturated carbocycles. The van der Waals surface area contributed by atoms with E-state index in [-0.39, 0.29) is 18.5 Å². The van der Waals surface area contributed by atoms with Crippen molar-refractivity contribution in [2.75, 3.05) is 24.8 Å². The standard InChI is InChI=1S/C23H24N3O5P/c1-17(18-8-4-3-5-9-18)30-16-31-32(28,29)19-12-14-26(15-13-19)22-23(27)25(2)21-11-7-6-10-20(21)24-22/h3-12H,1,13-16H2,2H3,(H,28,29). The molecule has 1 N–H and O–H groups in total. The van der Waals surface area contributed by atoms with Crippen molar-refractivity contribution < 1.29 is 18.7 Å². The smallest absolute Gasteiger partial charge is 0.357 e. The highest BCUT2D eigenvalue weighted by atomic mass is 31.2. The van der Waals surface area contributed by atoms with E-state index in [1.54, 1.807) is 22.6 Å². The van der Waals surface area contributed by atoms with E-state index in [1.165, 1.54) is 0 Å². The van der Waals surface area contributed by atoms with E-state index in [2.05, 4.69) is 11.6 Å². The molecule has 1 aliphatic heterocycles. The van der Waals surface area contributed by atoms with E-state index in [9.17, 15) is 14.3 Å². The maximum atomic E-state index is 12.8. The van der Waals surface area contributed by atoms with Gasteiger partial charge in [0.05, 0.1) is 11.0 Å². The number of ether oxygens (including phenoxy) is 1. The summed E-state index contributed by atoms with van der Waals surface area (Å²) in [6, 6.07) is 16.6. The highest BCUT2D eigenvalue weighted by Crippen LogP contribution is 2.53. The minimum absolute atomic E-state index is 0.211. The van der Waals surface area contributed by atoms with Gasteiger partial charge in [0.2, 0.25) is 0 Å². The maximum absolute atomic E-state index is 12.8. The lowest BCUT2D eigenvalue weighted by Gasteiger charge is -2.28. The van der Waals surface area contributed by atoms with E-state index < -0.39 is 14.4 Å². The lowest BCUT2D eigenvalue weighted by molar-refractivity contribution is 0.0860. The summed E-state index contributed by atoms with van der Waals surface area (Å²) in [5.74, 6) is 0.672. The van der Waals surface area contributed by atoms with Crippen LogP contribution in [0, 0.1) is 0 Å². The highest BCUT2D eigenvalue weighted by molar-refractivity contribution is 7.57. The molecule has 2 aromatic carbocycles. The molecule has 1 aliphatic rings. The van der Waals surface area contributed by atoms with E-state index >= 15 is 0 Å². The van der Waals surface area contributed by atoms with Crippen molar-refractivity contribution in [1.29, 1.82) is 0 Å². The zero-order valence-corrected chi connectivity index (χ0v) is 18.6. The third kappa shape index (κ3) is 4.53. The van der Waals surface area contributed by atoms with Crippen LogP contribution in [-0.4, -0.2) is 34.3 Å². The van der Waals surface area contributed by atoms with Crippen molar-refractivity contribution in [3.63, 3.8) is 0 Å². The predicted octanol–water partition coefficient (Wildman–Crippen LogP) is 3.87. The molecule has 0 radical (unpaired) electrons. The van der Waals surface area contributed by atoms with Gasteiger partial charge >= 0.3 is 7.60 Å². The minimum atomic E-state index is -4.03. The molecular formula is C23H24N3O5P. The molecule has 166 valence electrons. The topological polar surface area (TPSA) is 93.9 Å². The van der Waals surface area contributed by atoms with Gasteiger partial charge in [-0.05, 0) is 18.6 Å². The second-order valence-corrected chi connectivity index (χ2v) is 9.25. The molecule has 1 atom stereocenters. The SMILES string of the molecule is C=C(OCOP(=O)(O)C1=CCN(c2nc3ccccc3n(C)c2=O)CC1)c1ccccc1. The second kappa shape index (κ2) is 9.12. The Bertz CT molecular complexity index is 1290. The van der Waals surface area contributed by atoms with Crippen LogP contribution in [0.1, 0.15) is 12.0 Å². The van der Waals surface area contributed by atoms with Crippen LogP contribution in [0.25, 0.3) is 16.8 Å². The Balaban J connectivity index is 1.42. The van der Waals surface area contributed by atoms with Crippen LogP contribution in [-0.2, 0) is 20.9 Å². The second-order valence-electron chi connectivity index (χ2n) is 7.38. The highest BCUT2D eigenvalue weighted by Gasteiger charge is 2.30. The van der Waals surface area contributed by atoms with Crippen molar-refractivity contribution in [3.8, 4) is 0 Å². The molecule has 9 heteroatoms. The van der Waals surface area contributed by atoms with Crippen LogP contribution in [0.4, 0.5) is 5.82 Å². The van der Waals surface area contributed by atoms with E-state index in [0.717, 1.165) is 11.1 Å². The summed E-state index contributed by atoms with van der Waals surface area (Å²) < 4.78 is 24.8. The number of fused-ring (bicyclic) bond motifs is 1. The van der Waals surface area contributed by atoms with Crippen LogP contribution >= 0.6 is 7.60 Å². The monoisotopic (exact) mass is 453 g/mol. The molecule has 8 nitrogen and oxygen atoms in total. The molecule has 0 saturated heterocycles. The third-order valence-electron chi connectivity index (χ3n) is 5.37. The molecule has 0 bridgehead atoms. The number of aromatic nitrogens is 2. The van der Waals surface area contributed by atoms with Crippen LogP contribution < -0.4 is 10.5 Å². The fourth-order valence-electron chi connectivity index (χ4n) is 3.54. The molecule has 0 amide bonds. The number of para-hydroxylation sites is 2. The Morgan fingerprint density at radius 3 is 2.62 bits per heavy atom. The number of rotatable bonds is 7. The zero-order valence-electron chi connectivity index (χ0n) is 17.7. The van der Waals surface area contributed by atoms with Gasteiger partial charge in [-0.3, -0.25) is 13.9 Å². The minimum Gasteiger partial charge on any atom is -0.467 e. The molecule has 0 spiro atoms. The van der Waals surface area contributed by atoms with Gasteiger partial charge in [0.25, 0.3) is 5.56 Å². The maximum Gasteiger partial charge on any atom is 0.357 e. The summed E-state index contributed by atoms with van der Waals surface area (Å²) in [6.45, 7) is 4.06. The number of aryl methyl sites for hydroxylation is 1. The molecule has 1 aromatic heterocycles. The van der Waals surface area contributed by atoms with Crippen LogP contribution in [0.5, 0.6) is 0 Å². The summed E-state index contributed by atoms with van der Waals surface area (Å²) >= 11 is 0. The summed E-state index contributed by atoms with van der Waals surface area (Å²) in [6.07, 6.45) is 1.89. The van der Waals surface area contributed by atoms with Crippen molar-refractivity contribution in [2.24, 2.45) is 7.05 Å². The first kappa shape index (κ1) is 22.0. The molecule has 3 aromatic rings. The van der Waals surface area contributed by atoms with Crippen LogP contribution in [0.2, 0.25) is 0 Å². The van der Waals surface area contributed by atoms with Gasteiger partial charge in [0, 0.05) is 31.0 Å². The molecule has 4 rings (SSSR count). The lowest BCUT2D eigenvalue weighted by atomic mass is 10.2. The first-order valence-corrected chi connectivity index (χ1v) is 11.7. The van der Waals surface area contributed by atoms with E-state index in [1.807, 2.05) is 54.6 Å². The summed E-state index contributed by atoms with van der Waals surface area (Å²) in [5, 5.41) is 0.292. The van der Waals surface area contributed by atoms with Gasteiger partial charge in [-0.25, -0.2) is 4.98 Å². The molecule has 0 fully saturated rings. The molecular weight excluding hydrogens is 429 g/mol. The number of nitrogens with zero attached hydrogens (tertiary/aromatic N) is 3. The quantitative estimate of drug-likeness (QED) is 0.330. The summed E-state index contributed by atoms with van der Waals surface area (Å²) in [4.78, 5) is 29.5. The van der Waals surface area contributed by atoms with Crippen LogP contribution in [0.3, 0.4) is 0 Å². The van der Waals surface area contributed by atoms with Gasteiger partial charge in [0.15, 0.2) is 12.6 Å². The predicted molar refractivity (Wildman–Crippen MR) is 124 cm³/mol. The first-order chi connectivity index (χ1) is 15.4. The fourth-order valence-corrected chi connectivity index (χ4v) is 4.59. The molecule has 0 aliphatic carbocycles.